The summed E-state index contributed by atoms with van der Waals surface area (Å²) in [5, 5.41) is 12.2. The molecule has 0 saturated carbocycles. The third-order valence-electron chi connectivity index (χ3n) is 4.89. The third kappa shape index (κ3) is 2.10. The van der Waals surface area contributed by atoms with Crippen molar-refractivity contribution in [2.75, 3.05) is 13.9 Å². The molecule has 0 aliphatic carbocycles. The summed E-state index contributed by atoms with van der Waals surface area (Å²) in [6.07, 6.45) is 2.89. The van der Waals surface area contributed by atoms with Crippen LogP contribution in [0.15, 0.2) is 34.9 Å². The molecule has 126 valence electrons. The number of benzene rings is 2. The Labute approximate surface area is 152 Å². The predicted octanol–water partition coefficient (Wildman–Crippen LogP) is 3.56. The van der Waals surface area contributed by atoms with Crippen molar-refractivity contribution in [1.82, 2.24) is 0 Å². The van der Waals surface area contributed by atoms with Gasteiger partial charge in [0.1, 0.15) is 0 Å². The fraction of sp³-hybridized carbons (Fsp3) is 0.211. The highest BCUT2D eigenvalue weighted by Crippen LogP contribution is 2.43. The van der Waals surface area contributed by atoms with Crippen LogP contribution in [0.3, 0.4) is 0 Å². The predicted molar refractivity (Wildman–Crippen MR) is 95.3 cm³/mol. The third-order valence-corrected chi connectivity index (χ3v) is 5.54. The van der Waals surface area contributed by atoms with Crippen LogP contribution in [-0.4, -0.2) is 19.0 Å². The van der Waals surface area contributed by atoms with Crippen LogP contribution in [0, 0.1) is 0 Å². The van der Waals surface area contributed by atoms with Crippen LogP contribution >= 0.6 is 15.9 Å². The molecule has 5 nitrogen and oxygen atoms in total. The van der Waals surface area contributed by atoms with Gasteiger partial charge in [0.2, 0.25) is 12.5 Å². The van der Waals surface area contributed by atoms with Gasteiger partial charge in [-0.1, -0.05) is 15.9 Å². The summed E-state index contributed by atoms with van der Waals surface area (Å²) >= 11 is 3.60. The second-order valence-electron chi connectivity index (χ2n) is 6.20. The molecule has 0 spiro atoms. The van der Waals surface area contributed by atoms with Gasteiger partial charge in [-0.05, 0) is 23.8 Å². The molecule has 3 heterocycles. The number of hydrogen-bond donors (Lipinski definition) is 1. The molecule has 0 radical (unpaired) electrons. The van der Waals surface area contributed by atoms with E-state index in [0.29, 0.717) is 5.75 Å². The Morgan fingerprint density at radius 1 is 1.12 bits per heavy atom. The van der Waals surface area contributed by atoms with Crippen molar-refractivity contribution in [3.63, 3.8) is 0 Å². The fourth-order valence-corrected chi connectivity index (χ4v) is 4.15. The number of aromatic nitrogens is 1. The highest BCUT2D eigenvalue weighted by Gasteiger charge is 2.28. The van der Waals surface area contributed by atoms with Crippen molar-refractivity contribution in [3.05, 3.63) is 40.5 Å². The molecule has 1 N–H and O–H groups in total. The molecule has 0 unspecified atom stereocenters. The minimum Gasteiger partial charge on any atom is -0.504 e. The van der Waals surface area contributed by atoms with Crippen LogP contribution in [0.1, 0.15) is 5.56 Å². The van der Waals surface area contributed by atoms with Crippen LogP contribution in [0.4, 0.5) is 0 Å². The quantitative estimate of drug-likeness (QED) is 0.634. The Hall–Kier alpha value is -2.47. The van der Waals surface area contributed by atoms with Gasteiger partial charge in [-0.2, -0.15) is 4.57 Å². The molecule has 0 bridgehead atoms. The highest BCUT2D eigenvalue weighted by atomic mass is 79.9. The van der Waals surface area contributed by atoms with Gasteiger partial charge in [0.05, 0.1) is 18.1 Å². The second kappa shape index (κ2) is 5.26. The van der Waals surface area contributed by atoms with Gasteiger partial charge < -0.3 is 19.3 Å². The van der Waals surface area contributed by atoms with E-state index in [9.17, 15) is 5.11 Å². The molecule has 2 aliphatic heterocycles. The first-order valence-electron chi connectivity index (χ1n) is 8.01. The van der Waals surface area contributed by atoms with Crippen molar-refractivity contribution >= 4 is 26.7 Å². The molecule has 0 amide bonds. The molecule has 1 aromatic heterocycles. The van der Waals surface area contributed by atoms with Gasteiger partial charge in [-0.25, -0.2) is 0 Å². The summed E-state index contributed by atoms with van der Waals surface area (Å²) in [6.45, 7) is 1.11. The molecule has 5 rings (SSSR count). The van der Waals surface area contributed by atoms with E-state index in [4.69, 9.17) is 14.2 Å². The summed E-state index contributed by atoms with van der Waals surface area (Å²) < 4.78 is 19.4. The number of aryl methyl sites for hydroxylation is 2. The Kier molecular flexibility index (Phi) is 3.12. The highest BCUT2D eigenvalue weighted by molar-refractivity contribution is 9.10. The van der Waals surface area contributed by atoms with Crippen molar-refractivity contribution in [2.45, 2.75) is 13.0 Å². The smallest absolute Gasteiger partial charge is 0.231 e. The van der Waals surface area contributed by atoms with E-state index in [1.165, 1.54) is 5.56 Å². The standard InChI is InChI=1S/C19H14BrNO4/c1-23-18-7-14(20)12-5-15-11-6-17-16(24-9-25-17)4-10(11)2-3-21(15)8-13(12)19(18)22/h4-8H,2-3,9H2,1H3/p+1. The maximum absolute atomic E-state index is 10.5. The summed E-state index contributed by atoms with van der Waals surface area (Å²) in [7, 11) is 1.55. The fourth-order valence-electron chi connectivity index (χ4n) is 3.62. The average Bonchev–Trinajstić information content (AvgIpc) is 3.09. The first-order valence-corrected chi connectivity index (χ1v) is 8.80. The van der Waals surface area contributed by atoms with E-state index in [1.807, 2.05) is 12.3 Å². The van der Waals surface area contributed by atoms with E-state index >= 15 is 0 Å². The number of rotatable bonds is 1. The number of nitrogens with zero attached hydrogens (tertiary/aromatic N) is 1. The maximum Gasteiger partial charge on any atom is 0.231 e. The van der Waals surface area contributed by atoms with Gasteiger partial charge in [0.25, 0.3) is 0 Å². The van der Waals surface area contributed by atoms with Crippen molar-refractivity contribution < 1.29 is 23.9 Å². The van der Waals surface area contributed by atoms with Gasteiger partial charge in [0, 0.05) is 22.3 Å². The lowest BCUT2D eigenvalue weighted by Crippen LogP contribution is -2.40. The van der Waals surface area contributed by atoms with E-state index < -0.39 is 0 Å². The summed E-state index contributed by atoms with van der Waals surface area (Å²) in [4.78, 5) is 0. The largest absolute Gasteiger partial charge is 0.504 e. The average molecular weight is 401 g/mol. The number of halogens is 1. The molecule has 0 atom stereocenters. The molecule has 25 heavy (non-hydrogen) atoms. The molecule has 0 saturated heterocycles. The molecule has 3 aromatic rings. The number of pyridine rings is 1. The zero-order chi connectivity index (χ0) is 17.1. The summed E-state index contributed by atoms with van der Waals surface area (Å²) in [5.41, 5.74) is 3.48. The van der Waals surface area contributed by atoms with Gasteiger partial charge in [-0.15, -0.1) is 0 Å². The normalized spacial score (nSPS) is 14.3. The van der Waals surface area contributed by atoms with Crippen LogP contribution in [0.25, 0.3) is 22.0 Å². The number of fused-ring (bicyclic) bond motifs is 5. The first-order chi connectivity index (χ1) is 12.2. The molecule has 2 aliphatic rings. The van der Waals surface area contributed by atoms with Crippen molar-refractivity contribution in [1.29, 1.82) is 0 Å². The Bertz CT molecular complexity index is 1050. The molecule has 6 heteroatoms. The molecular formula is C19H15BrNO4+. The zero-order valence-corrected chi connectivity index (χ0v) is 15.1. The summed E-state index contributed by atoms with van der Waals surface area (Å²) in [6, 6.07) is 8.01. The van der Waals surface area contributed by atoms with Crippen LogP contribution in [0.2, 0.25) is 0 Å². The van der Waals surface area contributed by atoms with Gasteiger partial charge >= 0.3 is 0 Å². The Balaban J connectivity index is 1.79. The number of aromatic hydroxyl groups is 1. The van der Waals surface area contributed by atoms with E-state index in [0.717, 1.165) is 51.0 Å². The minimum atomic E-state index is 0.160. The first kappa shape index (κ1) is 14.8. The monoisotopic (exact) mass is 400 g/mol. The zero-order valence-electron chi connectivity index (χ0n) is 13.5. The van der Waals surface area contributed by atoms with Crippen molar-refractivity contribution in [3.8, 4) is 34.3 Å². The van der Waals surface area contributed by atoms with Crippen molar-refractivity contribution in [2.24, 2.45) is 0 Å². The number of ether oxygens (including phenoxy) is 3. The van der Waals surface area contributed by atoms with E-state index in [2.05, 4.69) is 32.6 Å². The Morgan fingerprint density at radius 2 is 1.92 bits per heavy atom. The minimum absolute atomic E-state index is 0.160. The number of methoxy groups -OCH3 is 1. The molecule has 2 aromatic carbocycles. The number of phenols is 1. The summed E-state index contributed by atoms with van der Waals surface area (Å²) in [5.74, 6) is 2.22. The Morgan fingerprint density at radius 3 is 2.72 bits per heavy atom. The van der Waals surface area contributed by atoms with Crippen LogP contribution in [-0.2, 0) is 13.0 Å². The number of phenolic OH excluding ortho intramolecular Hbond substituents is 1. The lowest BCUT2D eigenvalue weighted by Gasteiger charge is -2.17. The van der Waals surface area contributed by atoms with E-state index in [-0.39, 0.29) is 12.5 Å². The SMILES string of the molecule is COc1cc(Br)c2cc3[n+](cc2c1O)CCc1cc2c(cc1-3)OCO2. The van der Waals surface area contributed by atoms with Gasteiger partial charge in [0.15, 0.2) is 35.7 Å². The van der Waals surface area contributed by atoms with Crippen LogP contribution < -0.4 is 18.8 Å². The second-order valence-corrected chi connectivity index (χ2v) is 7.06. The number of hydrogen-bond acceptors (Lipinski definition) is 4. The van der Waals surface area contributed by atoms with Gasteiger partial charge in [-0.3, -0.25) is 0 Å². The topological polar surface area (TPSA) is 51.8 Å². The van der Waals surface area contributed by atoms with Crippen LogP contribution in [0.5, 0.6) is 23.0 Å². The molecular weight excluding hydrogens is 386 g/mol. The maximum atomic E-state index is 10.5. The lowest BCUT2D eigenvalue weighted by molar-refractivity contribution is -0.686. The van der Waals surface area contributed by atoms with E-state index in [1.54, 1.807) is 13.2 Å². The lowest BCUT2D eigenvalue weighted by atomic mass is 9.95. The molecule has 0 fully saturated rings.